The summed E-state index contributed by atoms with van der Waals surface area (Å²) in [5.74, 6) is 0.533. The van der Waals surface area contributed by atoms with Crippen molar-refractivity contribution in [2.24, 2.45) is 0 Å². The van der Waals surface area contributed by atoms with Crippen LogP contribution in [0.3, 0.4) is 0 Å². The number of hydrogen-bond acceptors (Lipinski definition) is 6. The highest BCUT2D eigenvalue weighted by Gasteiger charge is 2.15. The first-order valence-electron chi connectivity index (χ1n) is 8.91. The normalized spacial score (nSPS) is 10.6. The summed E-state index contributed by atoms with van der Waals surface area (Å²) in [6.07, 6.45) is 2.31. The van der Waals surface area contributed by atoms with Gasteiger partial charge >= 0.3 is 0 Å². The van der Waals surface area contributed by atoms with Gasteiger partial charge in [-0.3, -0.25) is 14.9 Å². The van der Waals surface area contributed by atoms with Crippen molar-refractivity contribution >= 4 is 40.6 Å². The molecule has 8 nitrogen and oxygen atoms in total. The first kappa shape index (κ1) is 21.5. The van der Waals surface area contributed by atoms with E-state index >= 15 is 0 Å². The number of rotatable bonds is 9. The molecule has 0 saturated heterocycles. The zero-order valence-corrected chi connectivity index (χ0v) is 17.4. The monoisotopic (exact) mass is 443 g/mol. The zero-order chi connectivity index (χ0) is 21.5. The standard InChI is InChI=1S/C20H18ClN5O3S/c1-2-10-25-18(11-14-6-8-15(21)9-7-14)23-24-20(25)30-13-19(27)22-16-4-3-5-17(12-16)26(28)29/h2-9,12H,1,10-11,13H2,(H,22,27). The van der Waals surface area contributed by atoms with E-state index in [-0.39, 0.29) is 17.3 Å². The lowest BCUT2D eigenvalue weighted by Gasteiger charge is -2.08. The van der Waals surface area contributed by atoms with E-state index in [0.29, 0.717) is 28.8 Å². The van der Waals surface area contributed by atoms with Crippen LogP contribution in [0, 0.1) is 10.1 Å². The van der Waals surface area contributed by atoms with Crippen molar-refractivity contribution in [1.29, 1.82) is 0 Å². The fourth-order valence-electron chi connectivity index (χ4n) is 2.68. The van der Waals surface area contributed by atoms with Crippen LogP contribution in [0.2, 0.25) is 5.02 Å². The quantitative estimate of drug-likeness (QED) is 0.228. The molecule has 0 aliphatic heterocycles. The van der Waals surface area contributed by atoms with Gasteiger partial charge in [-0.2, -0.15) is 0 Å². The third kappa shape index (κ3) is 5.68. The topological polar surface area (TPSA) is 103 Å². The van der Waals surface area contributed by atoms with Crippen LogP contribution in [0.4, 0.5) is 11.4 Å². The van der Waals surface area contributed by atoms with Crippen molar-refractivity contribution < 1.29 is 9.72 Å². The molecule has 3 rings (SSSR count). The summed E-state index contributed by atoms with van der Waals surface area (Å²) in [6, 6.07) is 13.3. The van der Waals surface area contributed by atoms with Crippen LogP contribution in [0.25, 0.3) is 0 Å². The molecule has 0 spiro atoms. The summed E-state index contributed by atoms with van der Waals surface area (Å²) < 4.78 is 1.90. The van der Waals surface area contributed by atoms with Gasteiger partial charge in [-0.05, 0) is 23.8 Å². The Morgan fingerprint density at radius 2 is 2.03 bits per heavy atom. The zero-order valence-electron chi connectivity index (χ0n) is 15.8. The van der Waals surface area contributed by atoms with Crippen LogP contribution in [0.5, 0.6) is 0 Å². The van der Waals surface area contributed by atoms with E-state index in [0.717, 1.165) is 11.4 Å². The molecule has 0 aliphatic carbocycles. The van der Waals surface area contributed by atoms with Crippen molar-refractivity contribution in [3.05, 3.63) is 87.7 Å². The van der Waals surface area contributed by atoms with Crippen LogP contribution in [0.1, 0.15) is 11.4 Å². The van der Waals surface area contributed by atoms with Crippen LogP contribution in [-0.4, -0.2) is 31.3 Å². The number of halogens is 1. The van der Waals surface area contributed by atoms with Gasteiger partial charge in [0.1, 0.15) is 5.82 Å². The number of nitro benzene ring substituents is 1. The predicted octanol–water partition coefficient (Wildman–Crippen LogP) is 4.35. The van der Waals surface area contributed by atoms with Crippen molar-refractivity contribution in [3.8, 4) is 0 Å². The first-order valence-corrected chi connectivity index (χ1v) is 10.3. The molecule has 1 N–H and O–H groups in total. The van der Waals surface area contributed by atoms with E-state index in [4.69, 9.17) is 11.6 Å². The Morgan fingerprint density at radius 1 is 1.27 bits per heavy atom. The number of thioether (sulfide) groups is 1. The number of benzene rings is 2. The second-order valence-electron chi connectivity index (χ2n) is 6.25. The number of nitrogens with one attached hydrogen (secondary N) is 1. The fourth-order valence-corrected chi connectivity index (χ4v) is 3.57. The Kier molecular flexibility index (Phi) is 7.21. The van der Waals surface area contributed by atoms with Crippen molar-refractivity contribution in [1.82, 2.24) is 14.8 Å². The summed E-state index contributed by atoms with van der Waals surface area (Å²) in [7, 11) is 0. The van der Waals surface area contributed by atoms with Gasteiger partial charge in [0.15, 0.2) is 5.16 Å². The molecule has 10 heteroatoms. The second kappa shape index (κ2) is 10.0. The average Bonchev–Trinajstić information content (AvgIpc) is 3.10. The lowest BCUT2D eigenvalue weighted by molar-refractivity contribution is -0.384. The molecule has 0 fully saturated rings. The number of non-ortho nitro benzene ring substituents is 1. The van der Waals surface area contributed by atoms with E-state index in [2.05, 4.69) is 22.1 Å². The van der Waals surface area contributed by atoms with Crippen molar-refractivity contribution in [2.75, 3.05) is 11.1 Å². The SMILES string of the molecule is C=CCn1c(Cc2ccc(Cl)cc2)nnc1SCC(=O)Nc1cccc([N+](=O)[O-])c1. The van der Waals surface area contributed by atoms with E-state index in [9.17, 15) is 14.9 Å². The fraction of sp³-hybridized carbons (Fsp3) is 0.150. The molecule has 0 atom stereocenters. The summed E-state index contributed by atoms with van der Waals surface area (Å²) >= 11 is 7.17. The Labute approximate surface area is 182 Å². The van der Waals surface area contributed by atoms with E-state index in [1.54, 1.807) is 12.1 Å². The average molecular weight is 444 g/mol. The van der Waals surface area contributed by atoms with Gasteiger partial charge in [-0.25, -0.2) is 0 Å². The molecule has 0 bridgehead atoms. The Bertz CT molecular complexity index is 1070. The number of amides is 1. The molecule has 0 radical (unpaired) electrons. The van der Waals surface area contributed by atoms with Gasteiger partial charge in [0.05, 0.1) is 10.7 Å². The minimum absolute atomic E-state index is 0.0823. The maximum absolute atomic E-state index is 12.3. The highest BCUT2D eigenvalue weighted by Crippen LogP contribution is 2.21. The van der Waals surface area contributed by atoms with Gasteiger partial charge in [0.2, 0.25) is 5.91 Å². The molecule has 30 heavy (non-hydrogen) atoms. The van der Waals surface area contributed by atoms with Crippen molar-refractivity contribution in [2.45, 2.75) is 18.1 Å². The molecule has 1 aromatic heterocycles. The summed E-state index contributed by atoms with van der Waals surface area (Å²) in [4.78, 5) is 22.6. The maximum atomic E-state index is 12.3. The van der Waals surface area contributed by atoms with Crippen molar-refractivity contribution in [3.63, 3.8) is 0 Å². The lowest BCUT2D eigenvalue weighted by atomic mass is 10.1. The number of nitro groups is 1. The summed E-state index contributed by atoms with van der Waals surface area (Å²) in [5.41, 5.74) is 1.32. The van der Waals surface area contributed by atoms with Gasteiger partial charge in [0, 0.05) is 35.8 Å². The van der Waals surface area contributed by atoms with Crippen LogP contribution >= 0.6 is 23.4 Å². The molecule has 3 aromatic rings. The number of anilines is 1. The Hall–Kier alpha value is -3.17. The largest absolute Gasteiger partial charge is 0.325 e. The summed E-state index contributed by atoms with van der Waals surface area (Å²) in [6.45, 7) is 4.28. The molecular formula is C20H18ClN5O3S. The number of nitrogens with zero attached hydrogens (tertiary/aromatic N) is 4. The molecule has 2 aromatic carbocycles. The predicted molar refractivity (Wildman–Crippen MR) is 117 cm³/mol. The van der Waals surface area contributed by atoms with Gasteiger partial charge in [0.25, 0.3) is 5.69 Å². The minimum atomic E-state index is -0.510. The molecule has 154 valence electrons. The first-order chi connectivity index (χ1) is 14.5. The molecule has 0 saturated carbocycles. The van der Waals surface area contributed by atoms with Crippen LogP contribution in [0.15, 0.2) is 66.3 Å². The van der Waals surface area contributed by atoms with Gasteiger partial charge in [-0.15, -0.1) is 16.8 Å². The highest BCUT2D eigenvalue weighted by atomic mass is 35.5. The van der Waals surface area contributed by atoms with Crippen LogP contribution < -0.4 is 5.32 Å². The molecule has 1 heterocycles. The number of hydrogen-bond donors (Lipinski definition) is 1. The molecule has 0 unspecified atom stereocenters. The van der Waals surface area contributed by atoms with Gasteiger partial charge < -0.3 is 9.88 Å². The number of aromatic nitrogens is 3. The highest BCUT2D eigenvalue weighted by molar-refractivity contribution is 7.99. The van der Waals surface area contributed by atoms with E-state index in [1.807, 2.05) is 28.8 Å². The molecule has 1 amide bonds. The number of carbonyl (C=O) groups excluding carboxylic acids is 1. The van der Waals surface area contributed by atoms with Crippen LogP contribution in [-0.2, 0) is 17.8 Å². The lowest BCUT2D eigenvalue weighted by Crippen LogP contribution is -2.15. The molecular weight excluding hydrogens is 426 g/mol. The van der Waals surface area contributed by atoms with E-state index in [1.165, 1.54) is 30.0 Å². The minimum Gasteiger partial charge on any atom is -0.325 e. The van der Waals surface area contributed by atoms with Gasteiger partial charge in [-0.1, -0.05) is 47.6 Å². The number of allylic oxidation sites excluding steroid dienone is 1. The summed E-state index contributed by atoms with van der Waals surface area (Å²) in [5, 5.41) is 23.2. The third-order valence-corrected chi connectivity index (χ3v) is 5.27. The third-order valence-electron chi connectivity index (χ3n) is 4.05. The smallest absolute Gasteiger partial charge is 0.271 e. The Morgan fingerprint density at radius 3 is 2.73 bits per heavy atom. The maximum Gasteiger partial charge on any atom is 0.271 e. The second-order valence-corrected chi connectivity index (χ2v) is 7.62. The Balaban J connectivity index is 1.65. The van der Waals surface area contributed by atoms with E-state index < -0.39 is 4.92 Å². The number of carbonyl (C=O) groups is 1. The molecule has 0 aliphatic rings.